The molecule has 1 aromatic rings. The Morgan fingerprint density at radius 3 is 2.50 bits per heavy atom. The molecule has 1 aromatic carbocycles. The fourth-order valence-electron chi connectivity index (χ4n) is 5.94. The van der Waals surface area contributed by atoms with E-state index in [0.717, 1.165) is 42.5 Å². The van der Waals surface area contributed by atoms with E-state index in [2.05, 4.69) is 48.1 Å². The van der Waals surface area contributed by atoms with Crippen LogP contribution in [-0.2, 0) is 14.3 Å². The van der Waals surface area contributed by atoms with E-state index < -0.39 is 11.0 Å². The first-order chi connectivity index (χ1) is 17.1. The van der Waals surface area contributed by atoms with Crippen LogP contribution in [0.4, 0.5) is 0 Å². The predicted octanol–water partition coefficient (Wildman–Crippen LogP) is 5.50. The molecule has 3 aliphatic rings. The number of aliphatic imine (C=N–C) groups is 1. The molecular formula is C30H41N3O3. The minimum Gasteiger partial charge on any atom is -0.462 e. The van der Waals surface area contributed by atoms with Gasteiger partial charge in [0.2, 0.25) is 0 Å². The lowest BCUT2D eigenvalue weighted by Gasteiger charge is -2.51. The average molecular weight is 492 g/mol. The van der Waals surface area contributed by atoms with Gasteiger partial charge in [-0.3, -0.25) is 14.6 Å². The number of ketones is 1. The molecule has 0 radical (unpaired) electrons. The highest BCUT2D eigenvalue weighted by Gasteiger charge is 2.56. The van der Waals surface area contributed by atoms with Crippen molar-refractivity contribution in [3.8, 4) is 0 Å². The normalized spacial score (nSPS) is 25.8. The molecule has 1 heterocycles. The lowest BCUT2D eigenvalue weighted by Crippen LogP contribution is -2.62. The van der Waals surface area contributed by atoms with Gasteiger partial charge in [-0.15, -0.1) is 0 Å². The average Bonchev–Trinajstić information content (AvgIpc) is 3.14. The predicted molar refractivity (Wildman–Crippen MR) is 144 cm³/mol. The monoisotopic (exact) mass is 491 g/mol. The van der Waals surface area contributed by atoms with Crippen molar-refractivity contribution in [1.29, 1.82) is 0 Å². The van der Waals surface area contributed by atoms with E-state index in [9.17, 15) is 9.59 Å². The molecular weight excluding hydrogens is 450 g/mol. The zero-order valence-electron chi connectivity index (χ0n) is 22.7. The number of ether oxygens (including phenoxy) is 1. The number of allylic oxidation sites excluding steroid dienone is 2. The van der Waals surface area contributed by atoms with Gasteiger partial charge in [-0.1, -0.05) is 42.8 Å². The highest BCUT2D eigenvalue weighted by atomic mass is 16.5. The summed E-state index contributed by atoms with van der Waals surface area (Å²) >= 11 is 0. The van der Waals surface area contributed by atoms with Gasteiger partial charge < -0.3 is 15.0 Å². The number of hydrogen-bond acceptors (Lipinski definition) is 6. The summed E-state index contributed by atoms with van der Waals surface area (Å²) in [6.45, 7) is 12.7. The number of nitrogens with zero attached hydrogens (tertiary/aromatic N) is 2. The SMILES string of the molecule is CC(C)=C(c1ccccc1)N(C1CCC2=C(CN=CN2)C1)C1(COC(=O)C(C)(C)C)C(=O)CCC1C. The maximum Gasteiger partial charge on any atom is 0.311 e. The molecule has 36 heavy (non-hydrogen) atoms. The summed E-state index contributed by atoms with van der Waals surface area (Å²) in [5.74, 6) is -0.0497. The third-order valence-corrected chi connectivity index (χ3v) is 7.94. The van der Waals surface area contributed by atoms with Gasteiger partial charge >= 0.3 is 5.97 Å². The van der Waals surface area contributed by atoms with Crippen molar-refractivity contribution >= 4 is 23.8 Å². The lowest BCUT2D eigenvalue weighted by molar-refractivity contribution is -0.160. The molecule has 0 saturated heterocycles. The Bertz CT molecular complexity index is 1090. The Hall–Kier alpha value is -2.89. The fourth-order valence-corrected chi connectivity index (χ4v) is 5.94. The number of Topliss-reactive ketones (excluding diaryl/α,β-unsaturated/α-hetero) is 1. The molecule has 1 aliphatic heterocycles. The van der Waals surface area contributed by atoms with Crippen LogP contribution in [0.1, 0.15) is 79.2 Å². The van der Waals surface area contributed by atoms with Crippen molar-refractivity contribution in [3.05, 3.63) is 52.7 Å². The number of nitrogens with one attached hydrogen (secondary N) is 1. The van der Waals surface area contributed by atoms with Crippen molar-refractivity contribution < 1.29 is 14.3 Å². The van der Waals surface area contributed by atoms with E-state index in [0.29, 0.717) is 13.0 Å². The summed E-state index contributed by atoms with van der Waals surface area (Å²) in [6, 6.07) is 10.4. The van der Waals surface area contributed by atoms with Gasteiger partial charge in [0.15, 0.2) is 5.78 Å². The van der Waals surface area contributed by atoms with E-state index in [1.165, 1.54) is 11.3 Å². The summed E-state index contributed by atoms with van der Waals surface area (Å²) in [7, 11) is 0. The highest BCUT2D eigenvalue weighted by Crippen LogP contribution is 2.47. The Labute approximate surface area is 215 Å². The third kappa shape index (κ3) is 4.87. The molecule has 194 valence electrons. The van der Waals surface area contributed by atoms with Crippen LogP contribution in [0.2, 0.25) is 0 Å². The molecule has 0 spiro atoms. The van der Waals surface area contributed by atoms with Gasteiger partial charge in [-0.05, 0) is 77.4 Å². The fraction of sp³-hybridized carbons (Fsp3) is 0.567. The van der Waals surface area contributed by atoms with Gasteiger partial charge in [-0.2, -0.15) is 0 Å². The summed E-state index contributed by atoms with van der Waals surface area (Å²) in [5, 5.41) is 3.34. The minimum absolute atomic E-state index is 0.0497. The molecule has 2 aliphatic carbocycles. The smallest absolute Gasteiger partial charge is 0.311 e. The van der Waals surface area contributed by atoms with Crippen LogP contribution >= 0.6 is 0 Å². The Kier molecular flexibility index (Phi) is 7.44. The quantitative estimate of drug-likeness (QED) is 0.532. The second-order valence-corrected chi connectivity index (χ2v) is 11.8. The number of carbonyl (C=O) groups is 2. The van der Waals surface area contributed by atoms with Crippen molar-refractivity contribution in [2.75, 3.05) is 13.2 Å². The molecule has 4 rings (SSSR count). The largest absolute Gasteiger partial charge is 0.462 e. The van der Waals surface area contributed by atoms with Gasteiger partial charge in [0, 0.05) is 23.9 Å². The van der Waals surface area contributed by atoms with E-state index >= 15 is 0 Å². The van der Waals surface area contributed by atoms with E-state index in [1.54, 1.807) is 6.34 Å². The van der Waals surface area contributed by atoms with Crippen LogP contribution in [-0.4, -0.2) is 47.7 Å². The molecule has 1 fully saturated rings. The van der Waals surface area contributed by atoms with Gasteiger partial charge in [0.05, 0.1) is 18.3 Å². The third-order valence-electron chi connectivity index (χ3n) is 7.94. The Balaban J connectivity index is 1.85. The van der Waals surface area contributed by atoms with Crippen molar-refractivity contribution in [2.45, 2.75) is 85.2 Å². The van der Waals surface area contributed by atoms with E-state index in [4.69, 9.17) is 4.74 Å². The molecule has 1 saturated carbocycles. The zero-order valence-corrected chi connectivity index (χ0v) is 22.7. The number of rotatable bonds is 6. The van der Waals surface area contributed by atoms with E-state index in [-0.39, 0.29) is 30.3 Å². The number of hydrogen-bond donors (Lipinski definition) is 1. The van der Waals surface area contributed by atoms with Gasteiger partial charge in [0.25, 0.3) is 0 Å². The number of carbonyl (C=O) groups excluding carboxylic acids is 2. The first-order valence-electron chi connectivity index (χ1n) is 13.2. The Morgan fingerprint density at radius 1 is 1.17 bits per heavy atom. The molecule has 0 bridgehead atoms. The van der Waals surface area contributed by atoms with Crippen LogP contribution < -0.4 is 5.32 Å². The van der Waals surface area contributed by atoms with Gasteiger partial charge in [0.1, 0.15) is 12.1 Å². The molecule has 1 N–H and O–H groups in total. The summed E-state index contributed by atoms with van der Waals surface area (Å²) < 4.78 is 6.01. The number of benzene rings is 1. The van der Waals surface area contributed by atoms with Crippen molar-refractivity contribution in [3.63, 3.8) is 0 Å². The van der Waals surface area contributed by atoms with E-state index in [1.807, 2.05) is 39.0 Å². The lowest BCUT2D eigenvalue weighted by atomic mass is 9.79. The van der Waals surface area contributed by atoms with Crippen LogP contribution in [0.25, 0.3) is 5.70 Å². The van der Waals surface area contributed by atoms with Crippen LogP contribution in [0, 0.1) is 11.3 Å². The van der Waals surface area contributed by atoms with Crippen LogP contribution in [0.15, 0.2) is 52.2 Å². The number of esters is 1. The molecule has 0 amide bonds. The minimum atomic E-state index is -0.905. The van der Waals surface area contributed by atoms with Crippen LogP contribution in [0.5, 0.6) is 0 Å². The standard InChI is InChI=1S/C30H41N3O3/c1-20(2)27(22-10-8-7-9-11-22)33(24-13-14-25-23(16-24)17-31-19-32-25)30(21(3)12-15-26(30)34)18-36-28(35)29(4,5)6/h7-11,19,21,24H,12-18H2,1-6H3,(H,31,32). The molecule has 0 aromatic heterocycles. The highest BCUT2D eigenvalue weighted by molar-refractivity contribution is 5.93. The van der Waals surface area contributed by atoms with Gasteiger partial charge in [-0.25, -0.2) is 0 Å². The first kappa shape index (κ1) is 26.2. The molecule has 6 nitrogen and oxygen atoms in total. The summed E-state index contributed by atoms with van der Waals surface area (Å²) in [6.07, 6.45) is 5.74. The zero-order chi connectivity index (χ0) is 26.1. The topological polar surface area (TPSA) is 71.0 Å². The second kappa shape index (κ2) is 10.2. The maximum atomic E-state index is 14.0. The van der Waals surface area contributed by atoms with Crippen molar-refractivity contribution in [2.24, 2.45) is 16.3 Å². The molecule has 6 heteroatoms. The molecule has 3 atom stereocenters. The molecule has 3 unspecified atom stereocenters. The summed E-state index contributed by atoms with van der Waals surface area (Å²) in [5.41, 5.74) is 4.34. The maximum absolute atomic E-state index is 14.0. The van der Waals surface area contributed by atoms with Crippen molar-refractivity contribution in [1.82, 2.24) is 10.2 Å². The first-order valence-corrected chi connectivity index (χ1v) is 13.2. The van der Waals surface area contributed by atoms with Crippen LogP contribution in [0.3, 0.4) is 0 Å². The Morgan fingerprint density at radius 2 is 1.89 bits per heavy atom. The second-order valence-electron chi connectivity index (χ2n) is 11.8. The summed E-state index contributed by atoms with van der Waals surface area (Å²) in [4.78, 5) is 33.8.